The van der Waals surface area contributed by atoms with Gasteiger partial charge in [-0.25, -0.2) is 0 Å². The van der Waals surface area contributed by atoms with Crippen molar-refractivity contribution in [3.63, 3.8) is 0 Å². The molecule has 0 saturated carbocycles. The number of nitrogens with zero attached hydrogens (tertiary/aromatic N) is 1. The van der Waals surface area contributed by atoms with Gasteiger partial charge in [-0.05, 0) is 66.9 Å². The van der Waals surface area contributed by atoms with Gasteiger partial charge in [0.15, 0.2) is 0 Å². The van der Waals surface area contributed by atoms with E-state index in [9.17, 15) is 9.90 Å². The van der Waals surface area contributed by atoms with Crippen LogP contribution in [0.15, 0.2) is 83.3 Å². The minimum Gasteiger partial charge on any atom is -0.385 e. The Bertz CT molecular complexity index is 1070. The van der Waals surface area contributed by atoms with Crippen LogP contribution in [0, 0.1) is 11.8 Å². The fraction of sp³-hybridized carbons (Fsp3) is 0.192. The molecule has 0 bridgehead atoms. The van der Waals surface area contributed by atoms with Gasteiger partial charge >= 0.3 is 0 Å². The van der Waals surface area contributed by atoms with Crippen molar-refractivity contribution in [2.24, 2.45) is 0 Å². The summed E-state index contributed by atoms with van der Waals surface area (Å²) in [4.78, 5) is 14.7. The van der Waals surface area contributed by atoms with Crippen molar-refractivity contribution in [3.05, 3.63) is 106 Å². The second-order valence-corrected chi connectivity index (χ2v) is 8.44. The van der Waals surface area contributed by atoms with Crippen molar-refractivity contribution in [3.8, 4) is 11.8 Å². The van der Waals surface area contributed by atoms with Gasteiger partial charge < -0.3 is 10.0 Å². The third-order valence-electron chi connectivity index (χ3n) is 5.52. The minimum absolute atomic E-state index is 0.00424. The summed E-state index contributed by atoms with van der Waals surface area (Å²) in [7, 11) is 0. The van der Waals surface area contributed by atoms with Crippen molar-refractivity contribution < 1.29 is 9.90 Å². The molecule has 1 heterocycles. The van der Waals surface area contributed by atoms with Gasteiger partial charge in [-0.2, -0.15) is 0 Å². The van der Waals surface area contributed by atoms with Crippen LogP contribution in [0.2, 0.25) is 0 Å². The number of carbonyl (C=O) groups is 1. The van der Waals surface area contributed by atoms with Crippen LogP contribution < -0.4 is 0 Å². The molecule has 1 aliphatic rings. The first-order valence-corrected chi connectivity index (χ1v) is 10.8. The van der Waals surface area contributed by atoms with Gasteiger partial charge in [0.1, 0.15) is 0 Å². The molecule has 0 aromatic heterocycles. The fourth-order valence-electron chi connectivity index (χ4n) is 3.67. The lowest BCUT2D eigenvalue weighted by atomic mass is 9.84. The van der Waals surface area contributed by atoms with Gasteiger partial charge in [0.05, 0.1) is 5.60 Å². The molecule has 3 aromatic carbocycles. The lowest BCUT2D eigenvalue weighted by molar-refractivity contribution is -0.0211. The van der Waals surface area contributed by atoms with E-state index in [0.29, 0.717) is 31.5 Å². The SMILES string of the molecule is O=C(c1ccc(C#Cc2ccccc2)cc1)N1CCC(O)(c2ccc(Br)cc2)CC1. The van der Waals surface area contributed by atoms with Crippen molar-refractivity contribution in [1.82, 2.24) is 4.90 Å². The number of hydrogen-bond acceptors (Lipinski definition) is 2. The van der Waals surface area contributed by atoms with Crippen molar-refractivity contribution >= 4 is 21.8 Å². The predicted molar refractivity (Wildman–Crippen MR) is 122 cm³/mol. The highest BCUT2D eigenvalue weighted by molar-refractivity contribution is 9.10. The number of amides is 1. The Kier molecular flexibility index (Phi) is 6.03. The average molecular weight is 460 g/mol. The molecule has 3 nitrogen and oxygen atoms in total. The standard InChI is InChI=1S/C26H22BrNO2/c27-24-14-12-23(13-15-24)26(30)16-18-28(19-17-26)25(29)22-10-8-21(9-11-22)7-6-20-4-2-1-3-5-20/h1-5,8-15,30H,16-19H2. The molecular weight excluding hydrogens is 438 g/mol. The fourth-order valence-corrected chi connectivity index (χ4v) is 3.94. The highest BCUT2D eigenvalue weighted by Crippen LogP contribution is 2.33. The number of aliphatic hydroxyl groups is 1. The van der Waals surface area contributed by atoms with E-state index in [-0.39, 0.29) is 5.91 Å². The van der Waals surface area contributed by atoms with Crippen LogP contribution in [0.4, 0.5) is 0 Å². The summed E-state index contributed by atoms with van der Waals surface area (Å²) in [6.07, 6.45) is 1.06. The molecule has 1 aliphatic heterocycles. The molecule has 4 heteroatoms. The van der Waals surface area contributed by atoms with Gasteiger partial charge in [0.2, 0.25) is 0 Å². The normalized spacial score (nSPS) is 15.2. The molecule has 0 atom stereocenters. The van der Waals surface area contributed by atoms with Gasteiger partial charge in [-0.15, -0.1) is 0 Å². The average Bonchev–Trinajstić information content (AvgIpc) is 2.79. The van der Waals surface area contributed by atoms with E-state index in [2.05, 4.69) is 27.8 Å². The maximum atomic E-state index is 12.9. The van der Waals surface area contributed by atoms with Crippen molar-refractivity contribution in [2.75, 3.05) is 13.1 Å². The van der Waals surface area contributed by atoms with Crippen LogP contribution in [0.25, 0.3) is 0 Å². The number of halogens is 1. The minimum atomic E-state index is -0.881. The molecule has 1 saturated heterocycles. The van der Waals surface area contributed by atoms with Crippen LogP contribution in [-0.4, -0.2) is 29.0 Å². The summed E-state index contributed by atoms with van der Waals surface area (Å²) in [5.41, 5.74) is 2.50. The molecule has 3 aromatic rings. The number of rotatable bonds is 2. The highest BCUT2D eigenvalue weighted by atomic mass is 79.9. The summed E-state index contributed by atoms with van der Waals surface area (Å²) >= 11 is 3.43. The van der Waals surface area contributed by atoms with Crippen LogP contribution in [0.5, 0.6) is 0 Å². The van der Waals surface area contributed by atoms with E-state index in [0.717, 1.165) is 21.2 Å². The van der Waals surface area contributed by atoms with E-state index >= 15 is 0 Å². The molecule has 0 aliphatic carbocycles. The molecule has 0 spiro atoms. The molecular formula is C26H22BrNO2. The summed E-state index contributed by atoms with van der Waals surface area (Å²) < 4.78 is 0.986. The molecule has 1 fully saturated rings. The predicted octanol–water partition coefficient (Wildman–Crippen LogP) is 4.97. The number of hydrogen-bond donors (Lipinski definition) is 1. The molecule has 4 rings (SSSR count). The Morgan fingerprint density at radius 2 is 1.40 bits per heavy atom. The Morgan fingerprint density at radius 3 is 2.00 bits per heavy atom. The lowest BCUT2D eigenvalue weighted by Crippen LogP contribution is -2.45. The number of piperidine rings is 1. The zero-order chi connectivity index (χ0) is 21.0. The largest absolute Gasteiger partial charge is 0.385 e. The highest BCUT2D eigenvalue weighted by Gasteiger charge is 2.35. The maximum absolute atomic E-state index is 12.9. The lowest BCUT2D eigenvalue weighted by Gasteiger charge is -2.38. The summed E-state index contributed by atoms with van der Waals surface area (Å²) in [5.74, 6) is 6.25. The molecule has 150 valence electrons. The van der Waals surface area contributed by atoms with E-state index in [1.54, 1.807) is 0 Å². The van der Waals surface area contributed by atoms with E-state index in [1.165, 1.54) is 0 Å². The quantitative estimate of drug-likeness (QED) is 0.549. The zero-order valence-electron chi connectivity index (χ0n) is 16.5. The van der Waals surface area contributed by atoms with Crippen LogP contribution in [-0.2, 0) is 5.60 Å². The zero-order valence-corrected chi connectivity index (χ0v) is 18.1. The monoisotopic (exact) mass is 459 g/mol. The van der Waals surface area contributed by atoms with Gasteiger partial charge in [-0.3, -0.25) is 4.79 Å². The first-order chi connectivity index (χ1) is 14.5. The van der Waals surface area contributed by atoms with Crippen molar-refractivity contribution in [2.45, 2.75) is 18.4 Å². The third kappa shape index (κ3) is 4.64. The van der Waals surface area contributed by atoms with E-state index in [4.69, 9.17) is 0 Å². The Labute approximate surface area is 185 Å². The third-order valence-corrected chi connectivity index (χ3v) is 6.04. The Balaban J connectivity index is 1.39. The van der Waals surface area contributed by atoms with E-state index < -0.39 is 5.60 Å². The molecule has 1 N–H and O–H groups in total. The molecule has 0 radical (unpaired) electrons. The Hall–Kier alpha value is -2.87. The molecule has 0 unspecified atom stereocenters. The van der Waals surface area contributed by atoms with Gasteiger partial charge in [0, 0.05) is 34.3 Å². The van der Waals surface area contributed by atoms with Gasteiger partial charge in [0.25, 0.3) is 5.91 Å². The summed E-state index contributed by atoms with van der Waals surface area (Å²) in [5, 5.41) is 11.0. The number of likely N-dealkylation sites (tertiary alicyclic amines) is 1. The number of benzene rings is 3. The first kappa shape index (κ1) is 20.4. The number of carbonyl (C=O) groups excluding carboxylic acids is 1. The summed E-state index contributed by atoms with van der Waals surface area (Å²) in [6.45, 7) is 1.06. The second-order valence-electron chi connectivity index (χ2n) is 7.52. The Morgan fingerprint density at radius 1 is 0.833 bits per heavy atom. The van der Waals surface area contributed by atoms with Crippen molar-refractivity contribution in [1.29, 1.82) is 0 Å². The van der Waals surface area contributed by atoms with Crippen LogP contribution >= 0.6 is 15.9 Å². The maximum Gasteiger partial charge on any atom is 0.253 e. The van der Waals surface area contributed by atoms with E-state index in [1.807, 2.05) is 83.8 Å². The molecule has 30 heavy (non-hydrogen) atoms. The first-order valence-electron chi connectivity index (χ1n) is 9.98. The van der Waals surface area contributed by atoms with Crippen LogP contribution in [0.1, 0.15) is 39.9 Å². The second kappa shape index (κ2) is 8.87. The topological polar surface area (TPSA) is 40.5 Å². The summed E-state index contributed by atoms with van der Waals surface area (Å²) in [6, 6.07) is 25.0. The smallest absolute Gasteiger partial charge is 0.253 e. The van der Waals surface area contributed by atoms with Crippen LogP contribution in [0.3, 0.4) is 0 Å². The molecule has 1 amide bonds. The van der Waals surface area contributed by atoms with Gasteiger partial charge in [-0.1, -0.05) is 58.1 Å².